The molecule has 0 saturated carbocycles. The Morgan fingerprint density at radius 3 is 2.55 bits per heavy atom. The molecule has 1 aromatic rings. The van der Waals surface area contributed by atoms with Gasteiger partial charge >= 0.3 is 5.97 Å². The van der Waals surface area contributed by atoms with Crippen molar-refractivity contribution >= 4 is 17.5 Å². The van der Waals surface area contributed by atoms with Gasteiger partial charge in [0.05, 0.1) is 11.4 Å². The smallest absolute Gasteiger partial charge is 0.306 e. The maximum absolute atomic E-state index is 11.8. The van der Waals surface area contributed by atoms with Crippen LogP contribution >= 0.6 is 0 Å². The summed E-state index contributed by atoms with van der Waals surface area (Å²) in [7, 11) is 0. The highest BCUT2D eigenvalue weighted by Gasteiger charge is 2.16. The van der Waals surface area contributed by atoms with Crippen LogP contribution in [0.1, 0.15) is 52.7 Å². The molecule has 5 heteroatoms. The molecule has 0 radical (unpaired) electrons. The van der Waals surface area contributed by atoms with Gasteiger partial charge in [0.1, 0.15) is 11.4 Å². The zero-order valence-electron chi connectivity index (χ0n) is 14.5. The van der Waals surface area contributed by atoms with Crippen LogP contribution in [0.2, 0.25) is 0 Å². The van der Waals surface area contributed by atoms with E-state index in [1.54, 1.807) is 0 Å². The van der Waals surface area contributed by atoms with Gasteiger partial charge in [-0.15, -0.1) is 0 Å². The lowest BCUT2D eigenvalue weighted by Crippen LogP contribution is -2.28. The first-order valence-electron chi connectivity index (χ1n) is 7.93. The number of esters is 1. The van der Waals surface area contributed by atoms with Gasteiger partial charge < -0.3 is 15.4 Å². The molecular weight excluding hydrogens is 278 g/mol. The van der Waals surface area contributed by atoms with Gasteiger partial charge in [0.15, 0.2) is 0 Å². The maximum atomic E-state index is 11.8. The summed E-state index contributed by atoms with van der Waals surface area (Å²) in [5.74, 6) is 0.767. The minimum Gasteiger partial charge on any atom is -0.460 e. The van der Waals surface area contributed by atoms with Crippen LogP contribution in [0.4, 0.5) is 11.5 Å². The lowest BCUT2D eigenvalue weighted by atomic mass is 10.2. The molecule has 0 atom stereocenters. The van der Waals surface area contributed by atoms with Crippen LogP contribution in [0, 0.1) is 6.92 Å². The number of aromatic nitrogens is 1. The topological polar surface area (TPSA) is 68.5 Å². The molecule has 0 saturated heterocycles. The molecule has 1 aromatic heterocycles. The summed E-state index contributed by atoms with van der Waals surface area (Å²) in [6, 6.07) is 3.82. The second-order valence-corrected chi connectivity index (χ2v) is 6.52. The highest BCUT2D eigenvalue weighted by molar-refractivity contribution is 5.69. The van der Waals surface area contributed by atoms with Crippen LogP contribution in [0.5, 0.6) is 0 Å². The number of aryl methyl sites for hydroxylation is 1. The van der Waals surface area contributed by atoms with Crippen molar-refractivity contribution in [2.24, 2.45) is 0 Å². The molecule has 1 heterocycles. The second kappa shape index (κ2) is 8.01. The minimum atomic E-state index is -0.421. The van der Waals surface area contributed by atoms with Crippen LogP contribution in [0.25, 0.3) is 0 Å². The molecule has 22 heavy (non-hydrogen) atoms. The Bertz CT molecular complexity index is 495. The van der Waals surface area contributed by atoms with Gasteiger partial charge in [0.2, 0.25) is 0 Å². The van der Waals surface area contributed by atoms with E-state index in [-0.39, 0.29) is 5.97 Å². The molecule has 124 valence electrons. The van der Waals surface area contributed by atoms with Crippen molar-refractivity contribution < 1.29 is 9.53 Å². The standard InChI is InChI=1S/C17H29N3O2/c1-6-11-20(15-10-9-14(18)13(2)19-15)12-7-8-16(21)22-17(3,4)5/h9-10H,6-8,11-12,18H2,1-5H3. The number of carbonyl (C=O) groups is 1. The fraction of sp³-hybridized carbons (Fsp3) is 0.647. The molecule has 0 spiro atoms. The highest BCUT2D eigenvalue weighted by atomic mass is 16.6. The molecule has 0 unspecified atom stereocenters. The van der Waals surface area contributed by atoms with E-state index >= 15 is 0 Å². The summed E-state index contributed by atoms with van der Waals surface area (Å²) < 4.78 is 5.33. The minimum absolute atomic E-state index is 0.148. The molecule has 0 aliphatic carbocycles. The zero-order valence-corrected chi connectivity index (χ0v) is 14.5. The first kappa shape index (κ1) is 18.3. The number of nitrogen functional groups attached to an aromatic ring is 1. The Labute approximate surface area is 133 Å². The van der Waals surface area contributed by atoms with Crippen molar-refractivity contribution in [2.75, 3.05) is 23.7 Å². The van der Waals surface area contributed by atoms with Crippen LogP contribution in [0.3, 0.4) is 0 Å². The third-order valence-electron chi connectivity index (χ3n) is 3.16. The Morgan fingerprint density at radius 2 is 2.00 bits per heavy atom. The van der Waals surface area contributed by atoms with E-state index in [0.717, 1.165) is 37.4 Å². The van der Waals surface area contributed by atoms with E-state index < -0.39 is 5.60 Å². The van der Waals surface area contributed by atoms with Gasteiger partial charge in [-0.05, 0) is 52.7 Å². The molecule has 0 amide bonds. The molecule has 0 aromatic carbocycles. The lowest BCUT2D eigenvalue weighted by Gasteiger charge is -2.24. The van der Waals surface area contributed by atoms with Gasteiger partial charge in [-0.1, -0.05) is 6.92 Å². The second-order valence-electron chi connectivity index (χ2n) is 6.52. The van der Waals surface area contributed by atoms with Gasteiger partial charge in [-0.25, -0.2) is 4.98 Å². The Kier molecular flexibility index (Phi) is 6.65. The predicted molar refractivity (Wildman–Crippen MR) is 91.0 cm³/mol. The molecular formula is C17H29N3O2. The summed E-state index contributed by atoms with van der Waals surface area (Å²) in [6.07, 6.45) is 2.20. The molecule has 0 fully saturated rings. The number of nitrogens with two attached hydrogens (primary N) is 1. The molecule has 0 bridgehead atoms. The van der Waals surface area contributed by atoms with Crippen LogP contribution < -0.4 is 10.6 Å². The summed E-state index contributed by atoms with van der Waals surface area (Å²) in [5.41, 5.74) is 6.94. The Balaban J connectivity index is 2.58. The van der Waals surface area contributed by atoms with E-state index in [1.165, 1.54) is 0 Å². The third-order valence-corrected chi connectivity index (χ3v) is 3.16. The van der Waals surface area contributed by atoms with E-state index in [4.69, 9.17) is 10.5 Å². The maximum Gasteiger partial charge on any atom is 0.306 e. The van der Waals surface area contributed by atoms with Crippen molar-refractivity contribution in [3.05, 3.63) is 17.8 Å². The van der Waals surface area contributed by atoms with Gasteiger partial charge in [-0.3, -0.25) is 4.79 Å². The van der Waals surface area contributed by atoms with Gasteiger partial charge in [0.25, 0.3) is 0 Å². The number of anilines is 2. The van der Waals surface area contributed by atoms with Crippen molar-refractivity contribution in [3.8, 4) is 0 Å². The van der Waals surface area contributed by atoms with Crippen molar-refractivity contribution in [2.45, 2.75) is 59.5 Å². The van der Waals surface area contributed by atoms with Crippen molar-refractivity contribution in [3.63, 3.8) is 0 Å². The highest BCUT2D eigenvalue weighted by Crippen LogP contribution is 2.17. The van der Waals surface area contributed by atoms with Crippen molar-refractivity contribution in [1.29, 1.82) is 0 Å². The summed E-state index contributed by atoms with van der Waals surface area (Å²) in [4.78, 5) is 18.5. The first-order chi connectivity index (χ1) is 10.2. The molecule has 0 aliphatic rings. The number of hydrogen-bond donors (Lipinski definition) is 1. The van der Waals surface area contributed by atoms with Crippen LogP contribution in [0.15, 0.2) is 12.1 Å². The fourth-order valence-electron chi connectivity index (χ4n) is 2.15. The lowest BCUT2D eigenvalue weighted by molar-refractivity contribution is -0.154. The quantitative estimate of drug-likeness (QED) is 0.783. The third kappa shape index (κ3) is 6.33. The van der Waals surface area contributed by atoms with Crippen LogP contribution in [-0.2, 0) is 9.53 Å². The normalized spacial score (nSPS) is 11.3. The number of nitrogens with zero attached hydrogens (tertiary/aromatic N) is 2. The van der Waals surface area contributed by atoms with Gasteiger partial charge in [0, 0.05) is 19.5 Å². The Hall–Kier alpha value is -1.78. The first-order valence-corrected chi connectivity index (χ1v) is 7.93. The van der Waals surface area contributed by atoms with E-state index in [9.17, 15) is 4.79 Å². The van der Waals surface area contributed by atoms with Gasteiger partial charge in [-0.2, -0.15) is 0 Å². The predicted octanol–water partition coefficient (Wildman–Crippen LogP) is 3.31. The van der Waals surface area contributed by atoms with E-state index in [1.807, 2.05) is 39.8 Å². The van der Waals surface area contributed by atoms with E-state index in [0.29, 0.717) is 12.1 Å². The average molecular weight is 307 g/mol. The molecule has 2 N–H and O–H groups in total. The van der Waals surface area contributed by atoms with Crippen molar-refractivity contribution in [1.82, 2.24) is 4.98 Å². The Morgan fingerprint density at radius 1 is 1.32 bits per heavy atom. The summed E-state index contributed by atoms with van der Waals surface area (Å²) in [5, 5.41) is 0. The van der Waals surface area contributed by atoms with E-state index in [2.05, 4.69) is 16.8 Å². The number of rotatable bonds is 7. The number of ether oxygens (including phenoxy) is 1. The average Bonchev–Trinajstić information content (AvgIpc) is 2.39. The number of hydrogen-bond acceptors (Lipinski definition) is 5. The number of pyridine rings is 1. The fourth-order valence-corrected chi connectivity index (χ4v) is 2.15. The summed E-state index contributed by atoms with van der Waals surface area (Å²) in [6.45, 7) is 11.4. The molecule has 0 aliphatic heterocycles. The molecule has 5 nitrogen and oxygen atoms in total. The molecule has 1 rings (SSSR count). The summed E-state index contributed by atoms with van der Waals surface area (Å²) >= 11 is 0. The van der Waals surface area contributed by atoms with Crippen LogP contribution in [-0.4, -0.2) is 29.6 Å². The SMILES string of the molecule is CCCN(CCCC(=O)OC(C)(C)C)c1ccc(N)c(C)n1. The zero-order chi connectivity index (χ0) is 16.8. The largest absolute Gasteiger partial charge is 0.460 e. The number of carbonyl (C=O) groups excluding carboxylic acids is 1. The monoisotopic (exact) mass is 307 g/mol.